The van der Waals surface area contributed by atoms with E-state index in [1.54, 1.807) is 31.4 Å². The molecule has 0 aliphatic carbocycles. The van der Waals surface area contributed by atoms with Crippen molar-refractivity contribution < 1.29 is 17.9 Å². The number of methoxy groups -OCH3 is 1. The Labute approximate surface area is 155 Å². The lowest BCUT2D eigenvalue weighted by molar-refractivity contribution is -0.121. The highest BCUT2D eigenvalue weighted by molar-refractivity contribution is 7.91. The highest BCUT2D eigenvalue weighted by Gasteiger charge is 2.19. The van der Waals surface area contributed by atoms with Crippen molar-refractivity contribution in [2.45, 2.75) is 38.1 Å². The van der Waals surface area contributed by atoms with Gasteiger partial charge in [-0.25, -0.2) is 8.42 Å². The molecule has 2 aromatic carbocycles. The summed E-state index contributed by atoms with van der Waals surface area (Å²) in [5.41, 5.74) is 2.91. The fourth-order valence-corrected chi connectivity index (χ4v) is 3.91. The number of hydrogen-bond donors (Lipinski definition) is 1. The van der Waals surface area contributed by atoms with Crippen LogP contribution < -0.4 is 10.1 Å². The number of carbonyl (C=O) groups is 1. The molecule has 5 nitrogen and oxygen atoms in total. The Morgan fingerprint density at radius 3 is 2.31 bits per heavy atom. The van der Waals surface area contributed by atoms with E-state index in [0.29, 0.717) is 5.75 Å². The molecule has 0 fully saturated rings. The van der Waals surface area contributed by atoms with Gasteiger partial charge in [-0.3, -0.25) is 4.79 Å². The third-order valence-electron chi connectivity index (χ3n) is 4.21. The summed E-state index contributed by atoms with van der Waals surface area (Å²) in [6, 6.07) is 12.1. The molecule has 0 spiro atoms. The van der Waals surface area contributed by atoms with Gasteiger partial charge in [-0.15, -0.1) is 0 Å². The molecule has 2 rings (SSSR count). The molecule has 0 saturated heterocycles. The summed E-state index contributed by atoms with van der Waals surface area (Å²) in [6.07, 6.45) is -0.0886. The SMILES string of the molecule is COc1ccc(C)cc1[C@H](C)NC(=O)CCS(=O)(=O)c1ccc(C)cc1. The van der Waals surface area contributed by atoms with Crippen molar-refractivity contribution in [1.29, 1.82) is 0 Å². The summed E-state index contributed by atoms with van der Waals surface area (Å²) >= 11 is 0. The molecule has 0 unspecified atom stereocenters. The molecule has 0 aliphatic rings. The molecule has 2 aromatic rings. The van der Waals surface area contributed by atoms with Crippen LogP contribution in [0.2, 0.25) is 0 Å². The zero-order valence-electron chi connectivity index (χ0n) is 15.6. The van der Waals surface area contributed by atoms with Crippen LogP contribution in [0.4, 0.5) is 0 Å². The van der Waals surface area contributed by atoms with Crippen LogP contribution in [0, 0.1) is 13.8 Å². The smallest absolute Gasteiger partial charge is 0.221 e. The van der Waals surface area contributed by atoms with Gasteiger partial charge in [-0.05, 0) is 39.0 Å². The molecule has 0 bridgehead atoms. The van der Waals surface area contributed by atoms with Gasteiger partial charge in [0.1, 0.15) is 5.75 Å². The molecule has 1 atom stereocenters. The van der Waals surface area contributed by atoms with Gasteiger partial charge in [0, 0.05) is 12.0 Å². The van der Waals surface area contributed by atoms with E-state index < -0.39 is 9.84 Å². The Kier molecular flexibility index (Phi) is 6.42. The van der Waals surface area contributed by atoms with Gasteiger partial charge in [0.05, 0.1) is 23.8 Å². The molecule has 140 valence electrons. The van der Waals surface area contributed by atoms with Crippen molar-refractivity contribution in [3.63, 3.8) is 0 Å². The monoisotopic (exact) mass is 375 g/mol. The van der Waals surface area contributed by atoms with E-state index in [1.807, 2.05) is 39.0 Å². The molecular formula is C20H25NO4S. The first kappa shape index (κ1) is 20.0. The lowest BCUT2D eigenvalue weighted by Gasteiger charge is -2.18. The highest BCUT2D eigenvalue weighted by Crippen LogP contribution is 2.26. The zero-order chi connectivity index (χ0) is 19.3. The number of ether oxygens (including phenoxy) is 1. The first-order valence-electron chi connectivity index (χ1n) is 8.46. The largest absolute Gasteiger partial charge is 0.496 e. The van der Waals surface area contributed by atoms with Gasteiger partial charge in [-0.2, -0.15) is 0 Å². The summed E-state index contributed by atoms with van der Waals surface area (Å²) in [5.74, 6) is 0.159. The van der Waals surface area contributed by atoms with Crippen molar-refractivity contribution in [3.05, 3.63) is 59.2 Å². The summed E-state index contributed by atoms with van der Waals surface area (Å²) in [5, 5.41) is 2.85. The van der Waals surface area contributed by atoms with E-state index in [4.69, 9.17) is 4.74 Å². The predicted molar refractivity (Wildman–Crippen MR) is 102 cm³/mol. The Bertz CT molecular complexity index is 873. The first-order valence-corrected chi connectivity index (χ1v) is 10.1. The summed E-state index contributed by atoms with van der Waals surface area (Å²) < 4.78 is 30.0. The second kappa shape index (κ2) is 8.36. The van der Waals surface area contributed by atoms with E-state index in [0.717, 1.165) is 16.7 Å². The minimum Gasteiger partial charge on any atom is -0.496 e. The molecule has 6 heteroatoms. The highest BCUT2D eigenvalue weighted by atomic mass is 32.2. The minimum absolute atomic E-state index is 0.0886. The molecule has 26 heavy (non-hydrogen) atoms. The van der Waals surface area contributed by atoms with E-state index >= 15 is 0 Å². The van der Waals surface area contributed by atoms with Gasteiger partial charge in [-0.1, -0.05) is 35.4 Å². The van der Waals surface area contributed by atoms with Crippen molar-refractivity contribution in [1.82, 2.24) is 5.32 Å². The number of amides is 1. The van der Waals surface area contributed by atoms with Gasteiger partial charge in [0.15, 0.2) is 9.84 Å². The Morgan fingerprint density at radius 2 is 1.69 bits per heavy atom. The van der Waals surface area contributed by atoms with E-state index in [2.05, 4.69) is 5.32 Å². The second-order valence-corrected chi connectivity index (χ2v) is 8.53. The van der Waals surface area contributed by atoms with Crippen LogP contribution in [-0.2, 0) is 14.6 Å². The second-order valence-electron chi connectivity index (χ2n) is 6.42. The number of aryl methyl sites for hydroxylation is 2. The summed E-state index contributed by atoms with van der Waals surface area (Å²) in [6.45, 7) is 5.71. The van der Waals surface area contributed by atoms with E-state index in [1.165, 1.54) is 0 Å². The third-order valence-corrected chi connectivity index (χ3v) is 5.94. The number of hydrogen-bond acceptors (Lipinski definition) is 4. The average Bonchev–Trinajstić information content (AvgIpc) is 2.60. The Morgan fingerprint density at radius 1 is 1.08 bits per heavy atom. The Hall–Kier alpha value is -2.34. The minimum atomic E-state index is -3.48. The van der Waals surface area contributed by atoms with Crippen molar-refractivity contribution in [2.75, 3.05) is 12.9 Å². The van der Waals surface area contributed by atoms with Crippen LogP contribution >= 0.6 is 0 Å². The van der Waals surface area contributed by atoms with Crippen molar-refractivity contribution in [3.8, 4) is 5.75 Å². The van der Waals surface area contributed by atoms with Gasteiger partial charge in [0.2, 0.25) is 5.91 Å². The van der Waals surface area contributed by atoms with Gasteiger partial charge in [0.25, 0.3) is 0 Å². The van der Waals surface area contributed by atoms with Crippen LogP contribution in [0.5, 0.6) is 5.75 Å². The summed E-state index contributed by atoms with van der Waals surface area (Å²) in [7, 11) is -1.90. The van der Waals surface area contributed by atoms with E-state index in [9.17, 15) is 13.2 Å². The van der Waals surface area contributed by atoms with Crippen molar-refractivity contribution in [2.24, 2.45) is 0 Å². The molecule has 0 heterocycles. The van der Waals surface area contributed by atoms with Gasteiger partial charge < -0.3 is 10.1 Å². The van der Waals surface area contributed by atoms with Crippen LogP contribution in [0.15, 0.2) is 47.4 Å². The van der Waals surface area contributed by atoms with Crippen LogP contribution in [0.25, 0.3) is 0 Å². The van der Waals surface area contributed by atoms with Crippen molar-refractivity contribution >= 4 is 15.7 Å². The molecular weight excluding hydrogens is 350 g/mol. The number of carbonyl (C=O) groups excluding carboxylic acids is 1. The quantitative estimate of drug-likeness (QED) is 0.805. The third kappa shape index (κ3) is 5.08. The maximum atomic E-state index is 12.3. The maximum absolute atomic E-state index is 12.3. The predicted octanol–water partition coefficient (Wildman–Crippen LogP) is 3.35. The van der Waals surface area contributed by atoms with Crippen LogP contribution in [0.1, 0.15) is 36.1 Å². The molecule has 1 amide bonds. The normalized spacial score (nSPS) is 12.5. The molecule has 0 aromatic heterocycles. The number of benzene rings is 2. The first-order chi connectivity index (χ1) is 12.2. The lowest BCUT2D eigenvalue weighted by Crippen LogP contribution is -2.28. The standard InChI is InChI=1S/C20H25NO4S/c1-14-5-8-17(9-6-14)26(23,24)12-11-20(22)21-16(3)18-13-15(2)7-10-19(18)25-4/h5-10,13,16H,11-12H2,1-4H3,(H,21,22)/t16-/m0/s1. The molecule has 0 saturated carbocycles. The lowest BCUT2D eigenvalue weighted by atomic mass is 10.0. The molecule has 0 radical (unpaired) electrons. The fourth-order valence-electron chi connectivity index (χ4n) is 2.67. The van der Waals surface area contributed by atoms with Crippen LogP contribution in [-0.4, -0.2) is 27.2 Å². The molecule has 0 aliphatic heterocycles. The Balaban J connectivity index is 2.00. The fraction of sp³-hybridized carbons (Fsp3) is 0.350. The topological polar surface area (TPSA) is 72.5 Å². The summed E-state index contributed by atoms with van der Waals surface area (Å²) in [4.78, 5) is 12.5. The van der Waals surface area contributed by atoms with Crippen LogP contribution in [0.3, 0.4) is 0 Å². The number of sulfone groups is 1. The average molecular weight is 375 g/mol. The zero-order valence-corrected chi connectivity index (χ0v) is 16.4. The maximum Gasteiger partial charge on any atom is 0.221 e. The molecule has 1 N–H and O–H groups in total. The van der Waals surface area contributed by atoms with E-state index in [-0.39, 0.29) is 29.0 Å². The van der Waals surface area contributed by atoms with Gasteiger partial charge >= 0.3 is 0 Å². The number of nitrogens with one attached hydrogen (secondary N) is 1. The number of rotatable bonds is 7.